The highest BCUT2D eigenvalue weighted by atomic mass is 16.5. The molecular formula is C12H17NO3. The molecule has 1 aromatic carbocycles. The summed E-state index contributed by atoms with van der Waals surface area (Å²) >= 11 is 0. The maximum absolute atomic E-state index is 10.6. The van der Waals surface area contributed by atoms with Crippen LogP contribution in [0.2, 0.25) is 0 Å². The quantitative estimate of drug-likeness (QED) is 0.662. The number of rotatable bonds is 6. The zero-order valence-electron chi connectivity index (χ0n) is 9.66. The van der Waals surface area contributed by atoms with E-state index in [1.165, 1.54) is 0 Å². The second kappa shape index (κ2) is 6.12. The lowest BCUT2D eigenvalue weighted by atomic mass is 10.2. The minimum Gasteiger partial charge on any atom is -0.544 e. The summed E-state index contributed by atoms with van der Waals surface area (Å²) < 4.78 is 5.22. The predicted molar refractivity (Wildman–Crippen MR) is 58.1 cm³/mol. The Kier molecular flexibility index (Phi) is 4.79. The molecule has 4 heteroatoms. The number of likely N-dealkylation sites (N-methyl/N-ethyl adjacent to an activating group) is 1. The van der Waals surface area contributed by atoms with Gasteiger partial charge < -0.3 is 19.5 Å². The molecule has 1 unspecified atom stereocenters. The van der Waals surface area contributed by atoms with Crippen LogP contribution in [0.4, 0.5) is 0 Å². The zero-order valence-corrected chi connectivity index (χ0v) is 9.66. The van der Waals surface area contributed by atoms with E-state index in [0.717, 1.165) is 22.8 Å². The molecule has 0 amide bonds. The van der Waals surface area contributed by atoms with Gasteiger partial charge in [0.05, 0.1) is 19.6 Å². The van der Waals surface area contributed by atoms with E-state index >= 15 is 0 Å². The van der Waals surface area contributed by atoms with Crippen LogP contribution in [0.25, 0.3) is 0 Å². The number of nitrogens with one attached hydrogen (secondary N) is 1. The van der Waals surface area contributed by atoms with E-state index in [9.17, 15) is 9.90 Å². The maximum Gasteiger partial charge on any atom is 0.127 e. The van der Waals surface area contributed by atoms with Crippen LogP contribution in [0.3, 0.4) is 0 Å². The monoisotopic (exact) mass is 223 g/mol. The molecule has 1 aromatic rings. The number of aliphatic carboxylic acids is 1. The summed E-state index contributed by atoms with van der Waals surface area (Å²) in [6, 6.07) is 7.64. The van der Waals surface area contributed by atoms with Crippen molar-refractivity contribution in [1.82, 2.24) is 0 Å². The number of methoxy groups -OCH3 is 1. The Morgan fingerprint density at radius 3 is 2.69 bits per heavy atom. The zero-order chi connectivity index (χ0) is 12.0. The van der Waals surface area contributed by atoms with E-state index < -0.39 is 5.97 Å². The van der Waals surface area contributed by atoms with Crippen LogP contribution in [-0.2, 0) is 11.3 Å². The Morgan fingerprint density at radius 2 is 2.12 bits per heavy atom. The first-order chi connectivity index (χ1) is 7.67. The van der Waals surface area contributed by atoms with Crippen molar-refractivity contribution in [2.45, 2.75) is 13.5 Å². The molecule has 1 rings (SSSR count). The van der Waals surface area contributed by atoms with E-state index in [1.54, 1.807) is 7.11 Å². The summed E-state index contributed by atoms with van der Waals surface area (Å²) in [6.07, 6.45) is 0. The van der Waals surface area contributed by atoms with Crippen molar-refractivity contribution in [3.8, 4) is 5.75 Å². The number of carbonyl (C=O) groups excluding carboxylic acids is 1. The van der Waals surface area contributed by atoms with Crippen LogP contribution in [0.15, 0.2) is 24.3 Å². The Bertz CT molecular complexity index is 352. The molecule has 0 aliphatic rings. The molecule has 0 saturated carbocycles. The van der Waals surface area contributed by atoms with E-state index in [1.807, 2.05) is 31.2 Å². The van der Waals surface area contributed by atoms with Gasteiger partial charge in [0.15, 0.2) is 0 Å². The van der Waals surface area contributed by atoms with Crippen LogP contribution in [0, 0.1) is 0 Å². The fourth-order valence-corrected chi connectivity index (χ4v) is 1.63. The molecule has 0 radical (unpaired) electrons. The minimum atomic E-state index is -1.02. The number of hydrogen-bond donors (Lipinski definition) is 1. The summed E-state index contributed by atoms with van der Waals surface area (Å²) in [5.41, 5.74) is 1.02. The van der Waals surface area contributed by atoms with Gasteiger partial charge in [0.1, 0.15) is 18.8 Å². The SMILES string of the molecule is CC[NH+](CC(=O)[O-])Cc1ccccc1OC. The van der Waals surface area contributed by atoms with Crippen molar-refractivity contribution in [3.05, 3.63) is 29.8 Å². The molecule has 0 spiro atoms. The molecule has 88 valence electrons. The van der Waals surface area contributed by atoms with Crippen LogP contribution < -0.4 is 14.7 Å². The number of carboxylic acids is 1. The van der Waals surface area contributed by atoms with Crippen molar-refractivity contribution >= 4 is 5.97 Å². The van der Waals surface area contributed by atoms with Gasteiger partial charge in [-0.2, -0.15) is 0 Å². The van der Waals surface area contributed by atoms with E-state index in [-0.39, 0.29) is 6.54 Å². The van der Waals surface area contributed by atoms with Crippen molar-refractivity contribution in [1.29, 1.82) is 0 Å². The summed E-state index contributed by atoms with van der Waals surface area (Å²) in [5, 5.41) is 10.6. The predicted octanol–water partition coefficient (Wildman–Crippen LogP) is -1.15. The highest BCUT2D eigenvalue weighted by molar-refractivity contribution is 5.65. The third-order valence-corrected chi connectivity index (χ3v) is 2.53. The lowest BCUT2D eigenvalue weighted by Crippen LogP contribution is -3.11. The smallest absolute Gasteiger partial charge is 0.127 e. The second-order valence-corrected chi connectivity index (χ2v) is 3.64. The number of quaternary nitrogens is 1. The van der Waals surface area contributed by atoms with Crippen LogP contribution in [-0.4, -0.2) is 26.2 Å². The lowest BCUT2D eigenvalue weighted by Gasteiger charge is -2.19. The lowest BCUT2D eigenvalue weighted by molar-refractivity contribution is -0.906. The van der Waals surface area contributed by atoms with Crippen molar-refractivity contribution in [3.63, 3.8) is 0 Å². The molecule has 0 saturated heterocycles. The van der Waals surface area contributed by atoms with Gasteiger partial charge in [-0.3, -0.25) is 0 Å². The van der Waals surface area contributed by atoms with E-state index in [0.29, 0.717) is 6.54 Å². The number of para-hydroxylation sites is 1. The molecular weight excluding hydrogens is 206 g/mol. The van der Waals surface area contributed by atoms with Crippen LogP contribution in [0.5, 0.6) is 5.75 Å². The Morgan fingerprint density at radius 1 is 1.44 bits per heavy atom. The molecule has 1 N–H and O–H groups in total. The van der Waals surface area contributed by atoms with Crippen molar-refractivity contribution < 1.29 is 19.5 Å². The summed E-state index contributed by atoms with van der Waals surface area (Å²) in [7, 11) is 1.61. The first-order valence-corrected chi connectivity index (χ1v) is 5.32. The Balaban J connectivity index is 2.73. The fourth-order valence-electron chi connectivity index (χ4n) is 1.63. The summed E-state index contributed by atoms with van der Waals surface area (Å²) in [4.78, 5) is 11.5. The molecule has 16 heavy (non-hydrogen) atoms. The van der Waals surface area contributed by atoms with Gasteiger partial charge in [0.2, 0.25) is 0 Å². The van der Waals surface area contributed by atoms with Crippen LogP contribution >= 0.6 is 0 Å². The first-order valence-electron chi connectivity index (χ1n) is 5.32. The van der Waals surface area contributed by atoms with Gasteiger partial charge in [-0.1, -0.05) is 12.1 Å². The van der Waals surface area contributed by atoms with Gasteiger partial charge in [0.25, 0.3) is 0 Å². The van der Waals surface area contributed by atoms with E-state index in [4.69, 9.17) is 4.74 Å². The Hall–Kier alpha value is -1.55. The number of benzene rings is 1. The third-order valence-electron chi connectivity index (χ3n) is 2.53. The molecule has 4 nitrogen and oxygen atoms in total. The van der Waals surface area contributed by atoms with Gasteiger partial charge in [-0.15, -0.1) is 0 Å². The number of hydrogen-bond acceptors (Lipinski definition) is 3. The standard InChI is InChI=1S/C12H17NO3/c1-3-13(9-12(14)15)8-10-6-4-5-7-11(10)16-2/h4-7H,3,8-9H2,1-2H3,(H,14,15). The molecule has 1 atom stereocenters. The number of carbonyl (C=O) groups is 1. The van der Waals surface area contributed by atoms with Gasteiger partial charge in [-0.05, 0) is 19.1 Å². The summed E-state index contributed by atoms with van der Waals surface area (Å²) in [6.45, 7) is 3.35. The molecule has 0 fully saturated rings. The summed E-state index contributed by atoms with van der Waals surface area (Å²) in [5.74, 6) is -0.224. The van der Waals surface area contributed by atoms with Gasteiger partial charge in [0, 0.05) is 5.56 Å². The normalized spacial score (nSPS) is 12.1. The fraction of sp³-hybridized carbons (Fsp3) is 0.417. The number of ether oxygens (including phenoxy) is 1. The molecule has 0 aliphatic carbocycles. The average Bonchev–Trinajstić information content (AvgIpc) is 2.28. The Labute approximate surface area is 95.5 Å². The second-order valence-electron chi connectivity index (χ2n) is 3.64. The molecule has 0 bridgehead atoms. The largest absolute Gasteiger partial charge is 0.544 e. The average molecular weight is 223 g/mol. The van der Waals surface area contributed by atoms with Gasteiger partial charge >= 0.3 is 0 Å². The minimum absolute atomic E-state index is 0.0224. The first kappa shape index (κ1) is 12.5. The van der Waals surface area contributed by atoms with Gasteiger partial charge in [-0.25, -0.2) is 0 Å². The molecule has 0 aliphatic heterocycles. The van der Waals surface area contributed by atoms with Crippen molar-refractivity contribution in [2.24, 2.45) is 0 Å². The highest BCUT2D eigenvalue weighted by Gasteiger charge is 2.10. The van der Waals surface area contributed by atoms with Crippen molar-refractivity contribution in [2.75, 3.05) is 20.2 Å². The van der Waals surface area contributed by atoms with E-state index in [2.05, 4.69) is 0 Å². The molecule has 0 aromatic heterocycles. The third kappa shape index (κ3) is 3.55. The number of carboxylic acid groups (broad SMARTS) is 1. The molecule has 0 heterocycles. The topological polar surface area (TPSA) is 53.8 Å². The highest BCUT2D eigenvalue weighted by Crippen LogP contribution is 2.15. The maximum atomic E-state index is 10.6. The van der Waals surface area contributed by atoms with Crippen LogP contribution in [0.1, 0.15) is 12.5 Å².